The number of aryl methyl sites for hydroxylation is 1. The van der Waals surface area contributed by atoms with Crippen molar-refractivity contribution in [2.75, 3.05) is 17.2 Å². The predicted molar refractivity (Wildman–Crippen MR) is 90.8 cm³/mol. The highest BCUT2D eigenvalue weighted by atomic mass is 15.1. The smallest absolute Gasteiger partial charge is 0.0429 e. The van der Waals surface area contributed by atoms with Crippen molar-refractivity contribution in [2.45, 2.75) is 39.2 Å². The Morgan fingerprint density at radius 1 is 1.10 bits per heavy atom. The molecule has 0 aliphatic carbocycles. The number of hydrogen-bond donors (Lipinski definition) is 1. The van der Waals surface area contributed by atoms with Gasteiger partial charge >= 0.3 is 0 Å². The summed E-state index contributed by atoms with van der Waals surface area (Å²) in [6, 6.07) is 15.4. The van der Waals surface area contributed by atoms with Gasteiger partial charge in [0.25, 0.3) is 0 Å². The molecular weight excluding hydrogens is 256 g/mol. The maximum atomic E-state index is 5.91. The van der Waals surface area contributed by atoms with Crippen molar-refractivity contribution < 1.29 is 0 Å². The van der Waals surface area contributed by atoms with Gasteiger partial charge in [0, 0.05) is 24.5 Å². The van der Waals surface area contributed by atoms with Crippen LogP contribution in [0.5, 0.6) is 0 Å². The molecular formula is C19H24N2. The fourth-order valence-electron chi connectivity index (χ4n) is 3.09. The maximum Gasteiger partial charge on any atom is 0.0429 e. The van der Waals surface area contributed by atoms with Crippen LogP contribution in [0.3, 0.4) is 0 Å². The second-order valence-corrected chi connectivity index (χ2v) is 6.31. The highest BCUT2D eigenvalue weighted by molar-refractivity contribution is 5.61. The van der Waals surface area contributed by atoms with Gasteiger partial charge < -0.3 is 10.6 Å². The molecule has 0 bridgehead atoms. The molecule has 2 heteroatoms. The minimum absolute atomic E-state index is 0.595. The van der Waals surface area contributed by atoms with E-state index in [0.29, 0.717) is 5.92 Å². The van der Waals surface area contributed by atoms with Crippen molar-refractivity contribution in [3.05, 3.63) is 59.2 Å². The van der Waals surface area contributed by atoms with Crippen LogP contribution in [0, 0.1) is 0 Å². The highest BCUT2D eigenvalue weighted by Gasteiger charge is 2.17. The van der Waals surface area contributed by atoms with Crippen LogP contribution in [-0.4, -0.2) is 6.54 Å². The average Bonchev–Trinajstić information content (AvgIpc) is 2.47. The maximum absolute atomic E-state index is 5.91. The highest BCUT2D eigenvalue weighted by Crippen LogP contribution is 2.30. The molecule has 1 heterocycles. The monoisotopic (exact) mass is 280 g/mol. The molecule has 0 unspecified atom stereocenters. The van der Waals surface area contributed by atoms with E-state index in [2.05, 4.69) is 55.1 Å². The lowest BCUT2D eigenvalue weighted by Crippen LogP contribution is -2.28. The van der Waals surface area contributed by atoms with E-state index < -0.39 is 0 Å². The molecule has 2 aromatic carbocycles. The van der Waals surface area contributed by atoms with E-state index >= 15 is 0 Å². The largest absolute Gasteiger partial charge is 0.399 e. The summed E-state index contributed by atoms with van der Waals surface area (Å²) in [5.74, 6) is 0.595. The van der Waals surface area contributed by atoms with Gasteiger partial charge in [0.05, 0.1) is 0 Å². The molecule has 0 aromatic heterocycles. The molecule has 3 rings (SSSR count). The first kappa shape index (κ1) is 14.0. The van der Waals surface area contributed by atoms with E-state index in [9.17, 15) is 0 Å². The van der Waals surface area contributed by atoms with Gasteiger partial charge in [0.1, 0.15) is 0 Å². The van der Waals surface area contributed by atoms with Crippen molar-refractivity contribution in [3.63, 3.8) is 0 Å². The van der Waals surface area contributed by atoms with Gasteiger partial charge in [-0.25, -0.2) is 0 Å². The molecule has 1 aliphatic rings. The number of fused-ring (bicyclic) bond motifs is 1. The van der Waals surface area contributed by atoms with Gasteiger partial charge in [0.2, 0.25) is 0 Å². The zero-order chi connectivity index (χ0) is 14.8. The van der Waals surface area contributed by atoms with Crippen LogP contribution in [0.2, 0.25) is 0 Å². The number of nitrogens with zero attached hydrogens (tertiary/aromatic N) is 1. The van der Waals surface area contributed by atoms with Crippen LogP contribution in [-0.2, 0) is 13.0 Å². The number of rotatable bonds is 3. The molecule has 0 atom stereocenters. The zero-order valence-corrected chi connectivity index (χ0v) is 13.0. The first-order valence-corrected chi connectivity index (χ1v) is 7.85. The first-order chi connectivity index (χ1) is 10.1. The minimum Gasteiger partial charge on any atom is -0.399 e. The van der Waals surface area contributed by atoms with Crippen LogP contribution < -0.4 is 10.6 Å². The fraction of sp³-hybridized carbons (Fsp3) is 0.368. The van der Waals surface area contributed by atoms with Gasteiger partial charge in [-0.05, 0) is 53.6 Å². The Kier molecular flexibility index (Phi) is 3.87. The van der Waals surface area contributed by atoms with Crippen LogP contribution in [0.15, 0.2) is 42.5 Å². The zero-order valence-electron chi connectivity index (χ0n) is 13.0. The Balaban J connectivity index is 1.80. The third-order valence-electron chi connectivity index (χ3n) is 4.34. The van der Waals surface area contributed by atoms with E-state index in [4.69, 9.17) is 5.73 Å². The topological polar surface area (TPSA) is 29.3 Å². The summed E-state index contributed by atoms with van der Waals surface area (Å²) in [5.41, 5.74) is 12.3. The van der Waals surface area contributed by atoms with Gasteiger partial charge in [-0.1, -0.05) is 38.1 Å². The van der Waals surface area contributed by atoms with E-state index in [-0.39, 0.29) is 0 Å². The summed E-state index contributed by atoms with van der Waals surface area (Å²) in [7, 11) is 0. The lowest BCUT2D eigenvalue weighted by atomic mass is 9.99. The summed E-state index contributed by atoms with van der Waals surface area (Å²) >= 11 is 0. The SMILES string of the molecule is CC(C)c1ccc(CN2CCCc3cc(N)ccc32)cc1. The van der Waals surface area contributed by atoms with E-state index in [1.165, 1.54) is 28.8 Å². The molecule has 110 valence electrons. The number of nitrogens with two attached hydrogens (primary N) is 1. The summed E-state index contributed by atoms with van der Waals surface area (Å²) in [4.78, 5) is 2.47. The van der Waals surface area contributed by atoms with E-state index in [1.807, 2.05) is 6.07 Å². The summed E-state index contributed by atoms with van der Waals surface area (Å²) < 4.78 is 0. The standard InChI is InChI=1S/C19H24N2/c1-14(2)16-7-5-15(6-8-16)13-21-11-3-4-17-12-18(20)9-10-19(17)21/h5-10,12,14H,3-4,11,13,20H2,1-2H3. The lowest BCUT2D eigenvalue weighted by molar-refractivity contribution is 0.691. The molecule has 21 heavy (non-hydrogen) atoms. The van der Waals surface area contributed by atoms with Crippen LogP contribution in [0.1, 0.15) is 42.9 Å². The fourth-order valence-corrected chi connectivity index (χ4v) is 3.09. The first-order valence-electron chi connectivity index (χ1n) is 7.85. The molecule has 0 saturated heterocycles. The third kappa shape index (κ3) is 3.05. The predicted octanol–water partition coefficient (Wildman–Crippen LogP) is 4.35. The Morgan fingerprint density at radius 2 is 1.86 bits per heavy atom. The molecule has 0 amide bonds. The van der Waals surface area contributed by atoms with Crippen molar-refractivity contribution in [3.8, 4) is 0 Å². The van der Waals surface area contributed by atoms with Gasteiger partial charge in [0.15, 0.2) is 0 Å². The van der Waals surface area contributed by atoms with Gasteiger partial charge in [-0.3, -0.25) is 0 Å². The lowest BCUT2D eigenvalue weighted by Gasteiger charge is -2.31. The number of nitrogen functional groups attached to an aromatic ring is 1. The molecule has 2 aromatic rings. The second-order valence-electron chi connectivity index (χ2n) is 6.31. The minimum atomic E-state index is 0.595. The van der Waals surface area contributed by atoms with Crippen LogP contribution in [0.4, 0.5) is 11.4 Å². The molecule has 0 fully saturated rings. The number of benzene rings is 2. The van der Waals surface area contributed by atoms with E-state index in [0.717, 1.165) is 25.2 Å². The number of anilines is 2. The normalized spacial score (nSPS) is 14.3. The quantitative estimate of drug-likeness (QED) is 0.847. The van der Waals surface area contributed by atoms with Crippen molar-refractivity contribution in [2.24, 2.45) is 0 Å². The van der Waals surface area contributed by atoms with Gasteiger partial charge in [-0.2, -0.15) is 0 Å². The molecule has 0 radical (unpaired) electrons. The Bertz CT molecular complexity index is 614. The van der Waals surface area contributed by atoms with Crippen molar-refractivity contribution in [1.82, 2.24) is 0 Å². The average molecular weight is 280 g/mol. The van der Waals surface area contributed by atoms with Gasteiger partial charge in [-0.15, -0.1) is 0 Å². The molecule has 0 spiro atoms. The van der Waals surface area contributed by atoms with Crippen LogP contribution in [0.25, 0.3) is 0 Å². The van der Waals surface area contributed by atoms with Crippen molar-refractivity contribution >= 4 is 11.4 Å². The Labute approximate surface area is 127 Å². The summed E-state index contributed by atoms with van der Waals surface area (Å²) in [6.07, 6.45) is 2.35. The Morgan fingerprint density at radius 3 is 2.57 bits per heavy atom. The second kappa shape index (κ2) is 5.80. The van der Waals surface area contributed by atoms with Crippen LogP contribution >= 0.6 is 0 Å². The van der Waals surface area contributed by atoms with Crippen molar-refractivity contribution in [1.29, 1.82) is 0 Å². The molecule has 1 aliphatic heterocycles. The molecule has 2 N–H and O–H groups in total. The summed E-state index contributed by atoms with van der Waals surface area (Å²) in [5, 5.41) is 0. The third-order valence-corrected chi connectivity index (χ3v) is 4.34. The molecule has 0 saturated carbocycles. The molecule has 2 nitrogen and oxygen atoms in total. The Hall–Kier alpha value is -1.96. The van der Waals surface area contributed by atoms with E-state index in [1.54, 1.807) is 0 Å². The number of hydrogen-bond acceptors (Lipinski definition) is 2. The summed E-state index contributed by atoms with van der Waals surface area (Å²) in [6.45, 7) is 6.58.